The minimum Gasteiger partial charge on any atom is -0.503 e. The van der Waals surface area contributed by atoms with Crippen LogP contribution in [0.15, 0.2) is 18.2 Å². The number of benzene rings is 1. The van der Waals surface area contributed by atoms with E-state index in [9.17, 15) is 23.1 Å². The second kappa shape index (κ2) is 4.30. The number of aromatic hydroxyl groups is 1. The van der Waals surface area contributed by atoms with Crippen molar-refractivity contribution in [2.75, 3.05) is 12.4 Å². The Morgan fingerprint density at radius 1 is 1.44 bits per heavy atom. The minimum absolute atomic E-state index is 0.0278. The van der Waals surface area contributed by atoms with Gasteiger partial charge in [0.15, 0.2) is 11.5 Å². The molecule has 0 spiro atoms. The van der Waals surface area contributed by atoms with Crippen LogP contribution >= 0.6 is 0 Å². The van der Waals surface area contributed by atoms with E-state index in [1.54, 1.807) is 0 Å². The summed E-state index contributed by atoms with van der Waals surface area (Å²) in [6.07, 6.45) is -5.00. The highest BCUT2D eigenvalue weighted by molar-refractivity contribution is 5.96. The van der Waals surface area contributed by atoms with Crippen LogP contribution in [0.4, 0.5) is 18.9 Å². The van der Waals surface area contributed by atoms with Crippen molar-refractivity contribution in [3.8, 4) is 11.5 Å². The predicted octanol–water partition coefficient (Wildman–Crippen LogP) is 1.90. The summed E-state index contributed by atoms with van der Waals surface area (Å²) in [5.41, 5.74) is -0.360. The lowest BCUT2D eigenvalue weighted by molar-refractivity contribution is -0.167. The average Bonchev–Trinajstić information content (AvgIpc) is 2.19. The van der Waals surface area contributed by atoms with E-state index in [1.807, 2.05) is 0 Å². The average molecular weight is 235 g/mol. The van der Waals surface area contributed by atoms with Crippen LogP contribution in [0.25, 0.3) is 0 Å². The van der Waals surface area contributed by atoms with Gasteiger partial charge in [-0.2, -0.15) is 13.2 Å². The van der Waals surface area contributed by atoms with Crippen LogP contribution in [-0.4, -0.2) is 24.3 Å². The minimum atomic E-state index is -5.00. The smallest absolute Gasteiger partial charge is 0.471 e. The van der Waals surface area contributed by atoms with Crippen LogP contribution in [0.3, 0.4) is 0 Å². The number of methoxy groups -OCH3 is 1. The van der Waals surface area contributed by atoms with Crippen molar-refractivity contribution in [1.82, 2.24) is 0 Å². The molecule has 16 heavy (non-hydrogen) atoms. The molecule has 0 radical (unpaired) electrons. The maximum atomic E-state index is 11.9. The number of ether oxygens (including phenoxy) is 1. The van der Waals surface area contributed by atoms with Crippen molar-refractivity contribution in [3.05, 3.63) is 18.2 Å². The number of anilines is 1. The number of hydrogen-bond acceptors (Lipinski definition) is 3. The molecule has 0 aliphatic heterocycles. The largest absolute Gasteiger partial charge is 0.503 e. The number of rotatable bonds is 2. The van der Waals surface area contributed by atoms with Gasteiger partial charge < -0.3 is 15.2 Å². The summed E-state index contributed by atoms with van der Waals surface area (Å²) in [6.45, 7) is 0. The lowest BCUT2D eigenvalue weighted by Crippen LogP contribution is -2.29. The van der Waals surface area contributed by atoms with Crippen LogP contribution in [-0.2, 0) is 4.79 Å². The molecule has 1 aromatic rings. The fraction of sp³-hybridized carbons (Fsp3) is 0.222. The SMILES string of the molecule is COc1cccc(NC(=O)C(F)(F)F)c1O. The zero-order valence-electron chi connectivity index (χ0n) is 8.13. The first-order valence-electron chi connectivity index (χ1n) is 4.10. The summed E-state index contributed by atoms with van der Waals surface area (Å²) in [5.74, 6) is -2.74. The standard InChI is InChI=1S/C9H8F3NO3/c1-16-6-4-2-3-5(7(6)14)13-8(15)9(10,11)12/h2-4,14H,1H3,(H,13,15). The first-order valence-corrected chi connectivity index (χ1v) is 4.10. The summed E-state index contributed by atoms with van der Waals surface area (Å²) < 4.78 is 40.4. The number of hydrogen-bond donors (Lipinski definition) is 2. The van der Waals surface area contributed by atoms with E-state index in [2.05, 4.69) is 4.74 Å². The Kier molecular flexibility index (Phi) is 3.26. The van der Waals surface area contributed by atoms with E-state index in [0.29, 0.717) is 0 Å². The van der Waals surface area contributed by atoms with E-state index in [1.165, 1.54) is 24.6 Å². The number of carbonyl (C=O) groups is 1. The molecule has 0 heterocycles. The lowest BCUT2D eigenvalue weighted by Gasteiger charge is -2.11. The van der Waals surface area contributed by atoms with Gasteiger partial charge in [-0.1, -0.05) is 6.07 Å². The third kappa shape index (κ3) is 2.56. The highest BCUT2D eigenvalue weighted by atomic mass is 19.4. The van der Waals surface area contributed by atoms with Gasteiger partial charge in [-0.15, -0.1) is 0 Å². The van der Waals surface area contributed by atoms with Gasteiger partial charge in [0, 0.05) is 0 Å². The van der Waals surface area contributed by atoms with E-state index in [-0.39, 0.29) is 11.4 Å². The van der Waals surface area contributed by atoms with Gasteiger partial charge in [0.05, 0.1) is 12.8 Å². The molecule has 1 amide bonds. The molecule has 0 aliphatic carbocycles. The van der Waals surface area contributed by atoms with Gasteiger partial charge in [0.25, 0.3) is 0 Å². The number of nitrogens with one attached hydrogen (secondary N) is 1. The molecule has 1 rings (SSSR count). The molecule has 0 unspecified atom stereocenters. The second-order valence-electron chi connectivity index (χ2n) is 2.81. The summed E-state index contributed by atoms with van der Waals surface area (Å²) in [7, 11) is 1.24. The Labute approximate surface area is 88.6 Å². The van der Waals surface area contributed by atoms with Crippen molar-refractivity contribution in [3.63, 3.8) is 0 Å². The predicted molar refractivity (Wildman–Crippen MR) is 49.3 cm³/mol. The molecule has 0 aliphatic rings. The van der Waals surface area contributed by atoms with Crippen LogP contribution in [0, 0.1) is 0 Å². The molecule has 0 aromatic heterocycles. The molecule has 88 valence electrons. The Balaban J connectivity index is 2.94. The van der Waals surface area contributed by atoms with Crippen molar-refractivity contribution in [2.24, 2.45) is 0 Å². The summed E-state index contributed by atoms with van der Waals surface area (Å²) >= 11 is 0. The fourth-order valence-electron chi connectivity index (χ4n) is 0.981. The molecular weight excluding hydrogens is 227 g/mol. The maximum absolute atomic E-state index is 11.9. The molecule has 0 atom stereocenters. The summed E-state index contributed by atoms with van der Waals surface area (Å²) in [6, 6.07) is 3.81. The van der Waals surface area contributed by atoms with Crippen LogP contribution in [0.1, 0.15) is 0 Å². The monoisotopic (exact) mass is 235 g/mol. The zero-order chi connectivity index (χ0) is 12.3. The molecule has 0 saturated heterocycles. The number of para-hydroxylation sites is 1. The molecular formula is C9H8F3NO3. The molecule has 4 nitrogen and oxygen atoms in total. The third-order valence-electron chi connectivity index (χ3n) is 1.72. The van der Waals surface area contributed by atoms with Gasteiger partial charge in [-0.05, 0) is 12.1 Å². The molecule has 7 heteroatoms. The van der Waals surface area contributed by atoms with Gasteiger partial charge in [0.2, 0.25) is 0 Å². The molecule has 1 aromatic carbocycles. The zero-order valence-corrected chi connectivity index (χ0v) is 8.13. The first kappa shape index (κ1) is 12.2. The van der Waals surface area contributed by atoms with E-state index >= 15 is 0 Å². The van der Waals surface area contributed by atoms with Crippen LogP contribution in [0.5, 0.6) is 11.5 Å². The highest BCUT2D eigenvalue weighted by Gasteiger charge is 2.39. The fourth-order valence-corrected chi connectivity index (χ4v) is 0.981. The number of halogens is 3. The molecule has 0 saturated carbocycles. The number of phenolic OH excluding ortho intramolecular Hbond substituents is 1. The van der Waals surface area contributed by atoms with Crippen molar-refractivity contribution >= 4 is 11.6 Å². The number of phenols is 1. The Morgan fingerprint density at radius 2 is 2.06 bits per heavy atom. The lowest BCUT2D eigenvalue weighted by atomic mass is 10.2. The van der Waals surface area contributed by atoms with Gasteiger partial charge in [-0.25, -0.2) is 0 Å². The topological polar surface area (TPSA) is 58.6 Å². The van der Waals surface area contributed by atoms with Crippen LogP contribution < -0.4 is 10.1 Å². The number of amides is 1. The summed E-state index contributed by atoms with van der Waals surface area (Å²) in [5, 5.41) is 10.9. The third-order valence-corrected chi connectivity index (χ3v) is 1.72. The van der Waals surface area contributed by atoms with Gasteiger partial charge in [0.1, 0.15) is 0 Å². The first-order chi connectivity index (χ1) is 7.36. The van der Waals surface area contributed by atoms with Crippen molar-refractivity contribution in [1.29, 1.82) is 0 Å². The van der Waals surface area contributed by atoms with E-state index in [4.69, 9.17) is 0 Å². The van der Waals surface area contributed by atoms with Gasteiger partial charge >= 0.3 is 12.1 Å². The second-order valence-corrected chi connectivity index (χ2v) is 2.81. The maximum Gasteiger partial charge on any atom is 0.471 e. The van der Waals surface area contributed by atoms with Crippen LogP contribution in [0.2, 0.25) is 0 Å². The van der Waals surface area contributed by atoms with Gasteiger partial charge in [-0.3, -0.25) is 4.79 Å². The Morgan fingerprint density at radius 3 is 2.56 bits per heavy atom. The normalized spacial score (nSPS) is 11.0. The molecule has 0 bridgehead atoms. The Bertz CT molecular complexity index is 403. The molecule has 0 fully saturated rings. The number of carbonyl (C=O) groups excluding carboxylic acids is 1. The van der Waals surface area contributed by atoms with E-state index < -0.39 is 17.8 Å². The number of alkyl halides is 3. The van der Waals surface area contributed by atoms with Crippen molar-refractivity contribution in [2.45, 2.75) is 6.18 Å². The van der Waals surface area contributed by atoms with Crippen molar-refractivity contribution < 1.29 is 27.8 Å². The Hall–Kier alpha value is -1.92. The quantitative estimate of drug-likeness (QED) is 0.769. The molecule has 2 N–H and O–H groups in total. The van der Waals surface area contributed by atoms with E-state index in [0.717, 1.165) is 6.07 Å². The summed E-state index contributed by atoms with van der Waals surface area (Å²) in [4.78, 5) is 10.6. The highest BCUT2D eigenvalue weighted by Crippen LogP contribution is 2.34.